The van der Waals surface area contributed by atoms with Crippen molar-refractivity contribution in [2.45, 2.75) is 51.7 Å². The third-order valence-electron chi connectivity index (χ3n) is 5.96. The highest BCUT2D eigenvalue weighted by molar-refractivity contribution is 6.36. The minimum Gasteiger partial charge on any atom is -0.352 e. The molecular weight excluding hydrogens is 503 g/mol. The van der Waals surface area contributed by atoms with Crippen LogP contribution in [-0.4, -0.2) is 28.8 Å². The third-order valence-corrected chi connectivity index (χ3v) is 7.04. The van der Waals surface area contributed by atoms with E-state index in [0.717, 1.165) is 12.0 Å². The molecule has 3 aromatic carbocycles. The lowest BCUT2D eigenvalue weighted by Crippen LogP contribution is -2.52. The van der Waals surface area contributed by atoms with Gasteiger partial charge in [-0.15, -0.1) is 0 Å². The molecule has 0 saturated heterocycles. The fourth-order valence-corrected chi connectivity index (χ4v) is 4.47. The van der Waals surface area contributed by atoms with E-state index in [-0.39, 0.29) is 30.8 Å². The van der Waals surface area contributed by atoms with E-state index in [0.29, 0.717) is 32.6 Å². The number of hydrogen-bond donors (Lipinski definition) is 1. The largest absolute Gasteiger partial charge is 0.352 e. The normalized spacial score (nSPS) is 12.6. The summed E-state index contributed by atoms with van der Waals surface area (Å²) in [6.07, 6.45) is 1.16. The first-order chi connectivity index (χ1) is 16.8. The lowest BCUT2D eigenvalue weighted by molar-refractivity contribution is -0.141. The Kier molecular flexibility index (Phi) is 10.0. The summed E-state index contributed by atoms with van der Waals surface area (Å²) in [5.41, 5.74) is 2.23. The molecule has 0 aliphatic carbocycles. The lowest BCUT2D eigenvalue weighted by atomic mass is 10.0. The van der Waals surface area contributed by atoms with Gasteiger partial charge in [0.15, 0.2) is 0 Å². The summed E-state index contributed by atoms with van der Waals surface area (Å²) < 4.78 is 0. The van der Waals surface area contributed by atoms with E-state index in [2.05, 4.69) is 5.32 Å². The molecule has 0 aliphatic rings. The molecule has 0 bridgehead atoms. The van der Waals surface area contributed by atoms with Crippen molar-refractivity contribution in [1.82, 2.24) is 10.2 Å². The maximum absolute atomic E-state index is 13.8. The second-order valence-corrected chi connectivity index (χ2v) is 9.74. The van der Waals surface area contributed by atoms with Gasteiger partial charge in [0.05, 0.1) is 6.42 Å². The summed E-state index contributed by atoms with van der Waals surface area (Å²) in [5, 5.41) is 4.43. The number of rotatable bonds is 10. The van der Waals surface area contributed by atoms with Crippen molar-refractivity contribution in [2.24, 2.45) is 0 Å². The van der Waals surface area contributed by atoms with Gasteiger partial charge in [0, 0.05) is 39.6 Å². The van der Waals surface area contributed by atoms with Crippen LogP contribution in [0.15, 0.2) is 72.8 Å². The van der Waals surface area contributed by atoms with Crippen LogP contribution in [0.4, 0.5) is 0 Å². The molecule has 0 unspecified atom stereocenters. The van der Waals surface area contributed by atoms with Crippen molar-refractivity contribution in [1.29, 1.82) is 0 Å². The molecule has 0 spiro atoms. The monoisotopic (exact) mass is 530 g/mol. The summed E-state index contributed by atoms with van der Waals surface area (Å²) in [6, 6.07) is 21.3. The van der Waals surface area contributed by atoms with Crippen LogP contribution in [0, 0.1) is 0 Å². The molecule has 0 fully saturated rings. The molecule has 3 aromatic rings. The van der Waals surface area contributed by atoms with Gasteiger partial charge in [0.2, 0.25) is 11.8 Å². The Morgan fingerprint density at radius 3 is 2.09 bits per heavy atom. The van der Waals surface area contributed by atoms with Crippen molar-refractivity contribution in [3.8, 4) is 0 Å². The van der Waals surface area contributed by atoms with Gasteiger partial charge in [-0.25, -0.2) is 0 Å². The van der Waals surface area contributed by atoms with E-state index in [1.807, 2.05) is 62.4 Å². The smallest absolute Gasteiger partial charge is 0.243 e. The first-order valence-corrected chi connectivity index (χ1v) is 12.7. The van der Waals surface area contributed by atoms with Crippen molar-refractivity contribution < 1.29 is 9.59 Å². The minimum absolute atomic E-state index is 0.0369. The van der Waals surface area contributed by atoms with E-state index in [9.17, 15) is 9.59 Å². The second-order valence-electron chi connectivity index (χ2n) is 8.51. The van der Waals surface area contributed by atoms with Gasteiger partial charge in [-0.05, 0) is 42.7 Å². The van der Waals surface area contributed by atoms with Gasteiger partial charge >= 0.3 is 0 Å². The Balaban J connectivity index is 2.03. The number of halogens is 3. The van der Waals surface area contributed by atoms with Crippen LogP contribution < -0.4 is 5.32 Å². The summed E-state index contributed by atoms with van der Waals surface area (Å²) in [5.74, 6) is -0.465. The van der Waals surface area contributed by atoms with Gasteiger partial charge < -0.3 is 10.2 Å². The third kappa shape index (κ3) is 7.47. The highest BCUT2D eigenvalue weighted by atomic mass is 35.5. The Morgan fingerprint density at radius 2 is 1.46 bits per heavy atom. The Bertz CT molecular complexity index is 1130. The van der Waals surface area contributed by atoms with Gasteiger partial charge in [0.1, 0.15) is 6.04 Å². The molecule has 184 valence electrons. The molecule has 0 radical (unpaired) electrons. The Hall–Kier alpha value is -2.53. The maximum atomic E-state index is 13.8. The number of nitrogens with one attached hydrogen (secondary N) is 1. The van der Waals surface area contributed by atoms with E-state index >= 15 is 0 Å². The lowest BCUT2D eigenvalue weighted by Gasteiger charge is -2.33. The Labute approximate surface area is 222 Å². The molecule has 7 heteroatoms. The molecule has 0 aromatic heterocycles. The van der Waals surface area contributed by atoms with Gasteiger partial charge in [-0.2, -0.15) is 0 Å². The van der Waals surface area contributed by atoms with Crippen LogP contribution in [0.5, 0.6) is 0 Å². The van der Waals surface area contributed by atoms with Crippen molar-refractivity contribution >= 4 is 46.6 Å². The maximum Gasteiger partial charge on any atom is 0.243 e. The average Bonchev–Trinajstić information content (AvgIpc) is 2.84. The van der Waals surface area contributed by atoms with E-state index < -0.39 is 6.04 Å². The average molecular weight is 532 g/mol. The number of nitrogens with zero attached hydrogens (tertiary/aromatic N) is 1. The van der Waals surface area contributed by atoms with E-state index in [1.165, 1.54) is 0 Å². The fraction of sp³-hybridized carbons (Fsp3) is 0.286. The first kappa shape index (κ1) is 27.1. The first-order valence-electron chi connectivity index (χ1n) is 11.6. The van der Waals surface area contributed by atoms with Crippen LogP contribution in [0.1, 0.15) is 37.0 Å². The fourth-order valence-electron chi connectivity index (χ4n) is 3.76. The van der Waals surface area contributed by atoms with Crippen LogP contribution in [0.2, 0.25) is 15.1 Å². The highest BCUT2D eigenvalue weighted by Crippen LogP contribution is 2.28. The van der Waals surface area contributed by atoms with Gasteiger partial charge in [0.25, 0.3) is 0 Å². The SMILES string of the molecule is CC[C@@H](C)NC(=O)[C@@H](Cc1ccccc1)N(Cc1c(Cl)cccc1Cl)C(=O)Cc1ccccc1Cl. The van der Waals surface area contributed by atoms with Crippen LogP contribution in [0.25, 0.3) is 0 Å². The van der Waals surface area contributed by atoms with Crippen molar-refractivity contribution in [3.05, 3.63) is 105 Å². The van der Waals surface area contributed by atoms with Crippen LogP contribution in [-0.2, 0) is 29.0 Å². The second kappa shape index (κ2) is 13.0. The number of hydrogen-bond acceptors (Lipinski definition) is 2. The summed E-state index contributed by atoms with van der Waals surface area (Å²) in [7, 11) is 0. The predicted octanol–water partition coefficient (Wildman–Crippen LogP) is 6.74. The molecular formula is C28H29Cl3N2O2. The minimum atomic E-state index is -0.770. The molecule has 0 saturated carbocycles. The zero-order valence-corrected chi connectivity index (χ0v) is 22.1. The zero-order chi connectivity index (χ0) is 25.4. The summed E-state index contributed by atoms with van der Waals surface area (Å²) in [6.45, 7) is 4.03. The molecule has 3 rings (SSSR count). The molecule has 35 heavy (non-hydrogen) atoms. The molecule has 1 N–H and O–H groups in total. The standard InChI is InChI=1S/C28H29Cl3N2O2/c1-3-19(2)32-28(35)26(16-20-10-5-4-6-11-20)33(18-22-24(30)14-9-15-25(22)31)27(34)17-21-12-7-8-13-23(21)29/h4-15,19,26H,3,16-18H2,1-2H3,(H,32,35)/t19-,26-/m1/s1. The number of benzene rings is 3. The van der Waals surface area contributed by atoms with E-state index in [4.69, 9.17) is 34.8 Å². The molecule has 4 nitrogen and oxygen atoms in total. The quantitative estimate of drug-likeness (QED) is 0.315. The zero-order valence-electron chi connectivity index (χ0n) is 19.8. The summed E-state index contributed by atoms with van der Waals surface area (Å²) >= 11 is 19.3. The highest BCUT2D eigenvalue weighted by Gasteiger charge is 2.32. The Morgan fingerprint density at radius 1 is 0.857 bits per heavy atom. The molecule has 0 heterocycles. The topological polar surface area (TPSA) is 49.4 Å². The van der Waals surface area contributed by atoms with Crippen molar-refractivity contribution in [3.63, 3.8) is 0 Å². The predicted molar refractivity (Wildman–Crippen MR) is 144 cm³/mol. The summed E-state index contributed by atoms with van der Waals surface area (Å²) in [4.78, 5) is 28.9. The van der Waals surface area contributed by atoms with Gasteiger partial charge in [-0.3, -0.25) is 9.59 Å². The van der Waals surface area contributed by atoms with Crippen molar-refractivity contribution in [2.75, 3.05) is 0 Å². The van der Waals surface area contributed by atoms with Crippen LogP contribution in [0.3, 0.4) is 0 Å². The van der Waals surface area contributed by atoms with Gasteiger partial charge in [-0.1, -0.05) is 96.3 Å². The molecule has 2 atom stereocenters. The van der Waals surface area contributed by atoms with E-state index in [1.54, 1.807) is 29.2 Å². The number of carbonyl (C=O) groups excluding carboxylic acids is 2. The molecule has 2 amide bonds. The molecule has 0 aliphatic heterocycles. The number of carbonyl (C=O) groups is 2. The van der Waals surface area contributed by atoms with Crippen LogP contribution >= 0.6 is 34.8 Å². The number of amides is 2.